The standard InChI is InChI=1S/C14H20FNO2/c1-10-3-4-11(7-13(10)15)14(2,17)8-12-9-18-6-5-16-12/h3-4,7,12,16-17H,5-6,8-9H2,1-2H3. The topological polar surface area (TPSA) is 41.5 Å². The van der Waals surface area contributed by atoms with Crippen LogP contribution >= 0.6 is 0 Å². The number of benzene rings is 1. The zero-order valence-corrected chi connectivity index (χ0v) is 10.9. The summed E-state index contributed by atoms with van der Waals surface area (Å²) in [5.74, 6) is -0.277. The molecule has 1 aromatic rings. The first-order chi connectivity index (χ1) is 8.49. The molecule has 3 nitrogen and oxygen atoms in total. The predicted octanol–water partition coefficient (Wildman–Crippen LogP) is 1.72. The summed E-state index contributed by atoms with van der Waals surface area (Å²) in [6, 6.07) is 5.00. The molecule has 0 radical (unpaired) electrons. The summed E-state index contributed by atoms with van der Waals surface area (Å²) < 4.78 is 18.9. The summed E-state index contributed by atoms with van der Waals surface area (Å²) in [6.45, 7) is 5.52. The molecule has 18 heavy (non-hydrogen) atoms. The Morgan fingerprint density at radius 1 is 1.56 bits per heavy atom. The third-order valence-corrected chi connectivity index (χ3v) is 3.44. The number of ether oxygens (including phenoxy) is 1. The van der Waals surface area contributed by atoms with Crippen molar-refractivity contribution < 1.29 is 14.2 Å². The zero-order chi connectivity index (χ0) is 13.2. The second-order valence-corrected chi connectivity index (χ2v) is 5.17. The second kappa shape index (κ2) is 5.34. The highest BCUT2D eigenvalue weighted by molar-refractivity contribution is 5.27. The lowest BCUT2D eigenvalue weighted by molar-refractivity contribution is 0.00304. The summed E-state index contributed by atoms with van der Waals surface area (Å²) in [6.07, 6.45) is 0.509. The molecule has 0 bridgehead atoms. The molecule has 1 heterocycles. The van der Waals surface area contributed by atoms with Crippen molar-refractivity contribution in [3.63, 3.8) is 0 Å². The molecular weight excluding hydrogens is 233 g/mol. The highest BCUT2D eigenvalue weighted by Crippen LogP contribution is 2.27. The summed E-state index contributed by atoms with van der Waals surface area (Å²) in [5.41, 5.74) is 0.152. The molecule has 1 aliphatic heterocycles. The van der Waals surface area contributed by atoms with Crippen molar-refractivity contribution in [3.8, 4) is 0 Å². The zero-order valence-electron chi connectivity index (χ0n) is 10.9. The van der Waals surface area contributed by atoms with Crippen molar-refractivity contribution in [2.75, 3.05) is 19.8 Å². The van der Waals surface area contributed by atoms with Crippen LogP contribution in [0.25, 0.3) is 0 Å². The van der Waals surface area contributed by atoms with Gasteiger partial charge in [-0.15, -0.1) is 0 Å². The van der Waals surface area contributed by atoms with Crippen LogP contribution in [0, 0.1) is 12.7 Å². The average molecular weight is 253 g/mol. The minimum absolute atomic E-state index is 0.109. The fraction of sp³-hybridized carbons (Fsp3) is 0.571. The molecule has 2 rings (SSSR count). The van der Waals surface area contributed by atoms with Crippen LogP contribution in [0.3, 0.4) is 0 Å². The lowest BCUT2D eigenvalue weighted by Gasteiger charge is -2.32. The minimum atomic E-state index is -1.05. The number of aliphatic hydroxyl groups is 1. The van der Waals surface area contributed by atoms with Gasteiger partial charge in [0.25, 0.3) is 0 Å². The van der Waals surface area contributed by atoms with Gasteiger partial charge in [0.2, 0.25) is 0 Å². The number of aryl methyl sites for hydroxylation is 1. The Morgan fingerprint density at radius 2 is 2.33 bits per heavy atom. The molecule has 2 atom stereocenters. The Morgan fingerprint density at radius 3 is 2.94 bits per heavy atom. The molecule has 1 aromatic carbocycles. The van der Waals surface area contributed by atoms with E-state index in [1.165, 1.54) is 6.07 Å². The van der Waals surface area contributed by atoms with Gasteiger partial charge in [-0.3, -0.25) is 0 Å². The van der Waals surface area contributed by atoms with Crippen LogP contribution in [-0.4, -0.2) is 30.9 Å². The molecule has 0 aromatic heterocycles. The fourth-order valence-corrected chi connectivity index (χ4v) is 2.28. The number of rotatable bonds is 3. The van der Waals surface area contributed by atoms with Gasteiger partial charge in [0.15, 0.2) is 0 Å². The maximum absolute atomic E-state index is 13.5. The Bertz CT molecular complexity index is 414. The van der Waals surface area contributed by atoms with Crippen molar-refractivity contribution in [1.29, 1.82) is 0 Å². The lowest BCUT2D eigenvalue weighted by atomic mass is 9.88. The minimum Gasteiger partial charge on any atom is -0.385 e. The molecule has 1 aliphatic rings. The van der Waals surface area contributed by atoms with E-state index < -0.39 is 5.60 Å². The van der Waals surface area contributed by atoms with Gasteiger partial charge in [-0.05, 0) is 37.5 Å². The first-order valence-corrected chi connectivity index (χ1v) is 6.29. The first-order valence-electron chi connectivity index (χ1n) is 6.29. The quantitative estimate of drug-likeness (QED) is 0.862. The molecule has 100 valence electrons. The van der Waals surface area contributed by atoms with Gasteiger partial charge in [-0.1, -0.05) is 12.1 Å². The average Bonchev–Trinajstić information content (AvgIpc) is 2.33. The predicted molar refractivity (Wildman–Crippen MR) is 67.9 cm³/mol. The van der Waals surface area contributed by atoms with Gasteiger partial charge >= 0.3 is 0 Å². The van der Waals surface area contributed by atoms with Crippen molar-refractivity contribution in [1.82, 2.24) is 5.32 Å². The first kappa shape index (κ1) is 13.5. The molecular formula is C14H20FNO2. The molecule has 2 N–H and O–H groups in total. The van der Waals surface area contributed by atoms with Crippen LogP contribution in [0.15, 0.2) is 18.2 Å². The van der Waals surface area contributed by atoms with Gasteiger partial charge in [-0.25, -0.2) is 4.39 Å². The molecule has 0 aliphatic carbocycles. The normalized spacial score (nSPS) is 23.7. The maximum Gasteiger partial charge on any atom is 0.126 e. The third kappa shape index (κ3) is 3.07. The molecule has 0 spiro atoms. The van der Waals surface area contributed by atoms with Crippen LogP contribution in [-0.2, 0) is 10.3 Å². The number of hydrogen-bond donors (Lipinski definition) is 2. The summed E-state index contributed by atoms with van der Waals surface area (Å²) in [7, 11) is 0. The van der Waals surface area contributed by atoms with E-state index >= 15 is 0 Å². The van der Waals surface area contributed by atoms with Gasteiger partial charge < -0.3 is 15.2 Å². The van der Waals surface area contributed by atoms with Crippen molar-refractivity contribution in [2.45, 2.75) is 31.9 Å². The Labute approximate surface area is 107 Å². The van der Waals surface area contributed by atoms with E-state index in [-0.39, 0.29) is 11.9 Å². The van der Waals surface area contributed by atoms with E-state index in [1.807, 2.05) is 0 Å². The summed E-state index contributed by atoms with van der Waals surface area (Å²) in [4.78, 5) is 0. The van der Waals surface area contributed by atoms with Gasteiger partial charge in [0, 0.05) is 12.6 Å². The fourth-order valence-electron chi connectivity index (χ4n) is 2.28. The third-order valence-electron chi connectivity index (χ3n) is 3.44. The van der Waals surface area contributed by atoms with Gasteiger partial charge in [0.1, 0.15) is 5.82 Å². The van der Waals surface area contributed by atoms with Crippen molar-refractivity contribution in [2.24, 2.45) is 0 Å². The van der Waals surface area contributed by atoms with E-state index in [2.05, 4.69) is 5.32 Å². The van der Waals surface area contributed by atoms with E-state index in [9.17, 15) is 9.50 Å². The molecule has 2 unspecified atom stereocenters. The Kier molecular flexibility index (Phi) is 4.00. The highest BCUT2D eigenvalue weighted by atomic mass is 19.1. The van der Waals surface area contributed by atoms with Crippen molar-refractivity contribution >= 4 is 0 Å². The largest absolute Gasteiger partial charge is 0.385 e. The van der Waals surface area contributed by atoms with E-state index in [0.717, 1.165) is 6.54 Å². The molecule has 0 amide bonds. The number of nitrogens with one attached hydrogen (secondary N) is 1. The molecule has 1 fully saturated rings. The van der Waals surface area contributed by atoms with Crippen molar-refractivity contribution in [3.05, 3.63) is 35.1 Å². The maximum atomic E-state index is 13.5. The Balaban J connectivity index is 2.10. The highest BCUT2D eigenvalue weighted by Gasteiger charge is 2.29. The molecule has 0 saturated carbocycles. The van der Waals surface area contributed by atoms with E-state index in [4.69, 9.17) is 4.74 Å². The summed E-state index contributed by atoms with van der Waals surface area (Å²) in [5, 5.41) is 13.8. The smallest absolute Gasteiger partial charge is 0.126 e. The van der Waals surface area contributed by atoms with Gasteiger partial charge in [-0.2, -0.15) is 0 Å². The number of halogens is 1. The van der Waals surface area contributed by atoms with Gasteiger partial charge in [0.05, 0.1) is 18.8 Å². The lowest BCUT2D eigenvalue weighted by Crippen LogP contribution is -2.45. The van der Waals surface area contributed by atoms with Crippen LogP contribution in [0.5, 0.6) is 0 Å². The second-order valence-electron chi connectivity index (χ2n) is 5.17. The summed E-state index contributed by atoms with van der Waals surface area (Å²) >= 11 is 0. The molecule has 1 saturated heterocycles. The Hall–Kier alpha value is -0.970. The van der Waals surface area contributed by atoms with E-state index in [0.29, 0.717) is 30.8 Å². The number of morpholine rings is 1. The van der Waals surface area contributed by atoms with Crippen LogP contribution in [0.2, 0.25) is 0 Å². The molecule has 4 heteroatoms. The monoisotopic (exact) mass is 253 g/mol. The van der Waals surface area contributed by atoms with Crippen LogP contribution < -0.4 is 5.32 Å². The van der Waals surface area contributed by atoms with Crippen LogP contribution in [0.1, 0.15) is 24.5 Å². The SMILES string of the molecule is Cc1ccc(C(C)(O)CC2COCCN2)cc1F. The number of hydrogen-bond acceptors (Lipinski definition) is 3. The van der Waals surface area contributed by atoms with E-state index in [1.54, 1.807) is 26.0 Å². The van der Waals surface area contributed by atoms with Crippen LogP contribution in [0.4, 0.5) is 4.39 Å².